The summed E-state index contributed by atoms with van der Waals surface area (Å²) in [6.07, 6.45) is 1.75. The lowest BCUT2D eigenvalue weighted by Crippen LogP contribution is -2.08. The van der Waals surface area contributed by atoms with Gasteiger partial charge in [0.2, 0.25) is 5.95 Å². The van der Waals surface area contributed by atoms with E-state index < -0.39 is 0 Å². The van der Waals surface area contributed by atoms with E-state index in [1.165, 1.54) is 0 Å². The van der Waals surface area contributed by atoms with Crippen molar-refractivity contribution in [1.29, 1.82) is 0 Å². The molecule has 0 spiro atoms. The Kier molecular flexibility index (Phi) is 5.67. The molecule has 8 heteroatoms. The maximum absolute atomic E-state index is 11.6. The van der Waals surface area contributed by atoms with Gasteiger partial charge in [-0.05, 0) is 31.4 Å². The fourth-order valence-electron chi connectivity index (χ4n) is 3.44. The van der Waals surface area contributed by atoms with Crippen LogP contribution in [0.25, 0.3) is 11.0 Å². The molecule has 0 radical (unpaired) electrons. The molecule has 28 heavy (non-hydrogen) atoms. The van der Waals surface area contributed by atoms with Crippen LogP contribution >= 0.6 is 0 Å². The van der Waals surface area contributed by atoms with Crippen molar-refractivity contribution in [2.45, 2.75) is 26.3 Å². The zero-order valence-corrected chi connectivity index (χ0v) is 16.8. The number of aromatic nitrogens is 3. The molecule has 8 nitrogen and oxygen atoms in total. The Morgan fingerprint density at radius 3 is 2.57 bits per heavy atom. The Balaban J connectivity index is 1.93. The molecule has 0 amide bonds. The molecule has 3 aromatic rings. The first-order chi connectivity index (χ1) is 13.5. The first-order valence-corrected chi connectivity index (χ1v) is 9.33. The number of nitrogens with zero attached hydrogens (tertiary/aromatic N) is 3. The summed E-state index contributed by atoms with van der Waals surface area (Å²) in [7, 11) is 5.52. The third-order valence-corrected chi connectivity index (χ3v) is 4.81. The van der Waals surface area contributed by atoms with Gasteiger partial charge in [0, 0.05) is 33.3 Å². The van der Waals surface area contributed by atoms with Crippen molar-refractivity contribution in [1.82, 2.24) is 14.5 Å². The average Bonchev–Trinajstić information content (AvgIpc) is 3.07. The van der Waals surface area contributed by atoms with Crippen LogP contribution in [0, 0.1) is 0 Å². The number of benzene rings is 1. The number of aryl methyl sites for hydroxylation is 2. The maximum atomic E-state index is 11.6. The minimum atomic E-state index is 0.0844. The molecule has 148 valence electrons. The second kappa shape index (κ2) is 8.16. The summed E-state index contributed by atoms with van der Waals surface area (Å²) in [5.74, 6) is 1.90. The Morgan fingerprint density at radius 1 is 1.14 bits per heavy atom. The summed E-state index contributed by atoms with van der Waals surface area (Å²) in [6, 6.07) is 7.80. The molecule has 0 aliphatic carbocycles. The maximum Gasteiger partial charge on any atom is 0.203 e. The SMILES string of the molecule is CNc1nc(N)c2nc(NC)n(CCCc3cccc(C(C)=O)c3)c2c1NC. The van der Waals surface area contributed by atoms with Gasteiger partial charge in [0.15, 0.2) is 17.4 Å². The predicted octanol–water partition coefficient (Wildman–Crippen LogP) is 2.97. The lowest BCUT2D eigenvalue weighted by molar-refractivity contribution is 0.101. The Bertz CT molecular complexity index is 1010. The molecule has 0 fully saturated rings. The van der Waals surface area contributed by atoms with Crippen molar-refractivity contribution < 1.29 is 4.79 Å². The number of nitrogens with two attached hydrogens (primary N) is 1. The van der Waals surface area contributed by atoms with Crippen LogP contribution in [-0.4, -0.2) is 41.5 Å². The number of nitrogens with one attached hydrogen (secondary N) is 3. The lowest BCUT2D eigenvalue weighted by Gasteiger charge is -2.14. The highest BCUT2D eigenvalue weighted by atomic mass is 16.1. The van der Waals surface area contributed by atoms with E-state index in [1.807, 2.05) is 39.3 Å². The Labute approximate surface area is 164 Å². The van der Waals surface area contributed by atoms with E-state index in [0.717, 1.165) is 47.7 Å². The second-order valence-electron chi connectivity index (χ2n) is 6.62. The Hall–Kier alpha value is -3.29. The van der Waals surface area contributed by atoms with Gasteiger partial charge in [-0.3, -0.25) is 4.79 Å². The number of Topliss-reactive ketones (excluding diaryl/α,β-unsaturated/α-hetero) is 1. The molecule has 1 aromatic carbocycles. The zero-order chi connectivity index (χ0) is 20.3. The number of rotatable bonds is 8. The van der Waals surface area contributed by atoms with Crippen LogP contribution < -0.4 is 21.7 Å². The normalized spacial score (nSPS) is 10.9. The van der Waals surface area contributed by atoms with E-state index in [0.29, 0.717) is 17.2 Å². The third kappa shape index (κ3) is 3.58. The fraction of sp³-hybridized carbons (Fsp3) is 0.350. The lowest BCUT2D eigenvalue weighted by atomic mass is 10.0. The van der Waals surface area contributed by atoms with Gasteiger partial charge in [-0.2, -0.15) is 0 Å². The molecule has 0 aliphatic rings. The van der Waals surface area contributed by atoms with Gasteiger partial charge in [-0.25, -0.2) is 9.97 Å². The van der Waals surface area contributed by atoms with E-state index in [-0.39, 0.29) is 5.78 Å². The average molecular weight is 381 g/mol. The van der Waals surface area contributed by atoms with Gasteiger partial charge < -0.3 is 26.3 Å². The molecule has 0 saturated carbocycles. The highest BCUT2D eigenvalue weighted by Gasteiger charge is 2.19. The zero-order valence-electron chi connectivity index (χ0n) is 16.8. The van der Waals surface area contributed by atoms with Gasteiger partial charge in [0.1, 0.15) is 16.7 Å². The number of anilines is 4. The highest BCUT2D eigenvalue weighted by Crippen LogP contribution is 2.34. The summed E-state index contributed by atoms with van der Waals surface area (Å²) in [5.41, 5.74) is 10.5. The number of imidazole rings is 1. The predicted molar refractivity (Wildman–Crippen MR) is 115 cm³/mol. The molecular weight excluding hydrogens is 354 g/mol. The van der Waals surface area contributed by atoms with Crippen LogP contribution in [0.4, 0.5) is 23.3 Å². The Morgan fingerprint density at radius 2 is 1.93 bits per heavy atom. The topological polar surface area (TPSA) is 110 Å². The standard InChI is InChI=1S/C20H27N7O/c1-12(28)14-9-5-7-13(11-14)8-6-10-27-17-15(25-20(27)24-4)18(21)26-19(23-3)16(17)22-2/h5,7,9,11,22H,6,8,10H2,1-4H3,(H,24,25)(H3,21,23,26). The van der Waals surface area contributed by atoms with E-state index in [9.17, 15) is 4.79 Å². The van der Waals surface area contributed by atoms with Crippen LogP contribution in [0.15, 0.2) is 24.3 Å². The van der Waals surface area contributed by atoms with Gasteiger partial charge in [0.05, 0.1) is 0 Å². The molecule has 0 saturated heterocycles. The van der Waals surface area contributed by atoms with Crippen LogP contribution in [0.1, 0.15) is 29.3 Å². The largest absolute Gasteiger partial charge is 0.383 e. The van der Waals surface area contributed by atoms with Crippen LogP contribution in [-0.2, 0) is 13.0 Å². The van der Waals surface area contributed by atoms with Crippen molar-refractivity contribution in [3.63, 3.8) is 0 Å². The fourth-order valence-corrected chi connectivity index (χ4v) is 3.44. The molecule has 0 bridgehead atoms. The molecule has 5 N–H and O–H groups in total. The van der Waals surface area contributed by atoms with Crippen molar-refractivity contribution in [2.75, 3.05) is 42.8 Å². The van der Waals surface area contributed by atoms with Gasteiger partial charge in [0.25, 0.3) is 0 Å². The third-order valence-electron chi connectivity index (χ3n) is 4.81. The molecular formula is C20H27N7O. The van der Waals surface area contributed by atoms with Crippen molar-refractivity contribution >= 4 is 40.1 Å². The summed E-state index contributed by atoms with van der Waals surface area (Å²) in [6.45, 7) is 2.34. The van der Waals surface area contributed by atoms with Crippen LogP contribution in [0.3, 0.4) is 0 Å². The first kappa shape index (κ1) is 19.5. The minimum absolute atomic E-state index is 0.0844. The molecule has 0 atom stereocenters. The molecule has 3 rings (SSSR count). The van der Waals surface area contributed by atoms with Gasteiger partial charge in [-0.15, -0.1) is 0 Å². The quantitative estimate of drug-likeness (QED) is 0.444. The van der Waals surface area contributed by atoms with E-state index in [4.69, 9.17) is 5.73 Å². The molecule has 0 unspecified atom stereocenters. The number of carbonyl (C=O) groups excluding carboxylic acids is 1. The first-order valence-electron chi connectivity index (χ1n) is 9.33. The van der Waals surface area contributed by atoms with E-state index >= 15 is 0 Å². The minimum Gasteiger partial charge on any atom is -0.383 e. The number of ketones is 1. The number of hydrogen-bond acceptors (Lipinski definition) is 7. The van der Waals surface area contributed by atoms with Gasteiger partial charge >= 0.3 is 0 Å². The molecule has 2 aromatic heterocycles. The van der Waals surface area contributed by atoms with Crippen molar-refractivity contribution in [3.05, 3.63) is 35.4 Å². The van der Waals surface area contributed by atoms with E-state index in [1.54, 1.807) is 6.92 Å². The monoisotopic (exact) mass is 381 g/mol. The smallest absolute Gasteiger partial charge is 0.203 e. The molecule has 0 aliphatic heterocycles. The number of nitrogen functional groups attached to an aromatic ring is 1. The van der Waals surface area contributed by atoms with Crippen molar-refractivity contribution in [2.24, 2.45) is 0 Å². The summed E-state index contributed by atoms with van der Waals surface area (Å²) < 4.78 is 2.12. The highest BCUT2D eigenvalue weighted by molar-refractivity contribution is 6.01. The molecule has 2 heterocycles. The number of fused-ring (bicyclic) bond motifs is 1. The van der Waals surface area contributed by atoms with Crippen molar-refractivity contribution in [3.8, 4) is 0 Å². The van der Waals surface area contributed by atoms with Crippen LogP contribution in [0.2, 0.25) is 0 Å². The van der Waals surface area contributed by atoms with E-state index in [2.05, 4.69) is 36.6 Å². The number of carbonyl (C=O) groups is 1. The number of hydrogen-bond donors (Lipinski definition) is 4. The van der Waals surface area contributed by atoms with Crippen LogP contribution in [0.5, 0.6) is 0 Å². The second-order valence-corrected chi connectivity index (χ2v) is 6.62. The summed E-state index contributed by atoms with van der Waals surface area (Å²) >= 11 is 0. The summed E-state index contributed by atoms with van der Waals surface area (Å²) in [4.78, 5) is 20.6. The van der Waals surface area contributed by atoms with Gasteiger partial charge in [-0.1, -0.05) is 18.2 Å². The number of pyridine rings is 1. The summed E-state index contributed by atoms with van der Waals surface area (Å²) in [5, 5.41) is 9.45.